The van der Waals surface area contributed by atoms with E-state index >= 15 is 0 Å². The maximum absolute atomic E-state index is 4.11. The SMILES string of the molecule is BrCc1cn2cnc(Br)c2s1. The van der Waals surface area contributed by atoms with Crippen LogP contribution in [0.4, 0.5) is 0 Å². The second-order valence-electron chi connectivity index (χ2n) is 2.08. The molecule has 5 heteroatoms. The van der Waals surface area contributed by atoms with Crippen molar-refractivity contribution in [3.05, 3.63) is 22.0 Å². The lowest BCUT2D eigenvalue weighted by molar-refractivity contribution is 1.16. The number of hydrogen-bond acceptors (Lipinski definition) is 2. The van der Waals surface area contributed by atoms with Crippen molar-refractivity contribution >= 4 is 48.0 Å². The van der Waals surface area contributed by atoms with Gasteiger partial charge in [-0.2, -0.15) is 0 Å². The fourth-order valence-corrected chi connectivity index (χ4v) is 2.72. The highest BCUT2D eigenvalue weighted by atomic mass is 79.9. The van der Waals surface area contributed by atoms with Crippen molar-refractivity contribution in [2.24, 2.45) is 0 Å². The molecular weight excluding hydrogens is 292 g/mol. The Kier molecular flexibility index (Phi) is 2.03. The summed E-state index contributed by atoms with van der Waals surface area (Å²) in [6.07, 6.45) is 3.88. The van der Waals surface area contributed by atoms with Crippen LogP contribution >= 0.6 is 43.2 Å². The topological polar surface area (TPSA) is 17.3 Å². The lowest BCUT2D eigenvalue weighted by Crippen LogP contribution is -1.70. The molecule has 2 aromatic heterocycles. The van der Waals surface area contributed by atoms with Crippen LogP contribution in [0.3, 0.4) is 0 Å². The third-order valence-corrected chi connectivity index (χ3v) is 4.28. The molecule has 0 aliphatic carbocycles. The summed E-state index contributed by atoms with van der Waals surface area (Å²) >= 11 is 8.52. The smallest absolute Gasteiger partial charge is 0.142 e. The van der Waals surface area contributed by atoms with Crippen LogP contribution in [0.5, 0.6) is 0 Å². The van der Waals surface area contributed by atoms with Crippen LogP contribution in [0, 0.1) is 0 Å². The highest BCUT2D eigenvalue weighted by Crippen LogP contribution is 2.25. The second kappa shape index (κ2) is 2.88. The largest absolute Gasteiger partial charge is 0.296 e. The molecule has 2 heterocycles. The summed E-state index contributed by atoms with van der Waals surface area (Å²) in [4.78, 5) is 6.58. The van der Waals surface area contributed by atoms with Crippen molar-refractivity contribution in [1.29, 1.82) is 0 Å². The Morgan fingerprint density at radius 1 is 1.64 bits per heavy atom. The molecule has 0 aliphatic rings. The summed E-state index contributed by atoms with van der Waals surface area (Å²) in [5, 5.41) is 0.909. The van der Waals surface area contributed by atoms with E-state index in [1.807, 2.05) is 10.7 Å². The molecule has 0 atom stereocenters. The minimum absolute atomic E-state index is 0.909. The van der Waals surface area contributed by atoms with Gasteiger partial charge in [0.15, 0.2) is 0 Å². The number of hydrogen-bond donors (Lipinski definition) is 0. The molecule has 0 fully saturated rings. The maximum Gasteiger partial charge on any atom is 0.142 e. The monoisotopic (exact) mass is 294 g/mol. The first-order valence-corrected chi connectivity index (χ1v) is 5.71. The van der Waals surface area contributed by atoms with E-state index in [4.69, 9.17) is 0 Å². The minimum atomic E-state index is 0.909. The molecule has 0 amide bonds. The molecular formula is C6H4Br2N2S. The molecule has 2 aromatic rings. The van der Waals surface area contributed by atoms with Gasteiger partial charge in [-0.05, 0) is 15.9 Å². The van der Waals surface area contributed by atoms with Crippen LogP contribution in [0.2, 0.25) is 0 Å². The molecule has 2 nitrogen and oxygen atoms in total. The summed E-state index contributed by atoms with van der Waals surface area (Å²) in [5.74, 6) is 0. The first-order chi connectivity index (χ1) is 5.31. The predicted molar refractivity (Wildman–Crippen MR) is 53.4 cm³/mol. The molecule has 0 saturated heterocycles. The molecule has 0 unspecified atom stereocenters. The van der Waals surface area contributed by atoms with Gasteiger partial charge >= 0.3 is 0 Å². The molecule has 2 rings (SSSR count). The van der Waals surface area contributed by atoms with Gasteiger partial charge in [0.2, 0.25) is 0 Å². The van der Waals surface area contributed by atoms with E-state index in [0.29, 0.717) is 0 Å². The first-order valence-electron chi connectivity index (χ1n) is 2.98. The van der Waals surface area contributed by atoms with Gasteiger partial charge in [0, 0.05) is 16.4 Å². The number of imidazole rings is 1. The van der Waals surface area contributed by atoms with Gasteiger partial charge in [-0.1, -0.05) is 15.9 Å². The molecule has 0 aliphatic heterocycles. The lowest BCUT2D eigenvalue weighted by Gasteiger charge is -1.78. The van der Waals surface area contributed by atoms with E-state index in [9.17, 15) is 0 Å². The average Bonchev–Trinajstić information content (AvgIpc) is 2.53. The van der Waals surface area contributed by atoms with Crippen molar-refractivity contribution in [3.63, 3.8) is 0 Å². The predicted octanol–water partition coefficient (Wildman–Crippen LogP) is 3.05. The van der Waals surface area contributed by atoms with E-state index in [1.165, 1.54) is 9.71 Å². The van der Waals surface area contributed by atoms with E-state index < -0.39 is 0 Å². The molecule has 0 bridgehead atoms. The Morgan fingerprint density at radius 3 is 3.09 bits per heavy atom. The fraction of sp³-hybridized carbons (Fsp3) is 0.167. The Morgan fingerprint density at radius 2 is 2.45 bits per heavy atom. The molecule has 0 spiro atoms. The Bertz CT molecular complexity index is 379. The van der Waals surface area contributed by atoms with Gasteiger partial charge in [-0.3, -0.25) is 4.40 Å². The van der Waals surface area contributed by atoms with Crippen molar-refractivity contribution in [1.82, 2.24) is 9.38 Å². The lowest BCUT2D eigenvalue weighted by atomic mass is 10.6. The standard InChI is InChI=1S/C6H4Br2N2S/c7-1-4-2-10-3-9-5(8)6(10)11-4/h2-3H,1H2. The fourth-order valence-electron chi connectivity index (χ4n) is 0.881. The Labute approximate surface area is 84.5 Å². The van der Waals surface area contributed by atoms with Gasteiger partial charge < -0.3 is 0 Å². The number of thiazole rings is 1. The highest BCUT2D eigenvalue weighted by Gasteiger charge is 2.04. The van der Waals surface area contributed by atoms with E-state index in [1.54, 1.807) is 11.3 Å². The van der Waals surface area contributed by atoms with Crippen LogP contribution in [-0.2, 0) is 5.33 Å². The number of fused-ring (bicyclic) bond motifs is 1. The summed E-state index contributed by atoms with van der Waals surface area (Å²) in [6.45, 7) is 0. The second-order valence-corrected chi connectivity index (χ2v) is 4.51. The zero-order chi connectivity index (χ0) is 7.84. The van der Waals surface area contributed by atoms with Crippen LogP contribution < -0.4 is 0 Å². The highest BCUT2D eigenvalue weighted by molar-refractivity contribution is 9.10. The van der Waals surface area contributed by atoms with E-state index in [-0.39, 0.29) is 0 Å². The molecule has 0 N–H and O–H groups in total. The van der Waals surface area contributed by atoms with Crippen molar-refractivity contribution in [2.45, 2.75) is 5.33 Å². The quantitative estimate of drug-likeness (QED) is 0.739. The van der Waals surface area contributed by atoms with Gasteiger partial charge in [-0.15, -0.1) is 11.3 Å². The average molecular weight is 296 g/mol. The van der Waals surface area contributed by atoms with Crippen LogP contribution in [0.15, 0.2) is 17.1 Å². The van der Waals surface area contributed by atoms with E-state index in [2.05, 4.69) is 43.0 Å². The number of nitrogens with zero attached hydrogens (tertiary/aromatic N) is 2. The maximum atomic E-state index is 4.11. The molecule has 11 heavy (non-hydrogen) atoms. The zero-order valence-electron chi connectivity index (χ0n) is 5.42. The summed E-state index contributed by atoms with van der Waals surface area (Å²) in [6, 6.07) is 0. The Hall–Kier alpha value is 0.130. The molecule has 0 radical (unpaired) electrons. The molecule has 0 aromatic carbocycles. The normalized spacial score (nSPS) is 11.1. The van der Waals surface area contributed by atoms with E-state index in [0.717, 1.165) is 9.93 Å². The number of halogens is 2. The number of aromatic nitrogens is 2. The van der Waals surface area contributed by atoms with Crippen LogP contribution in [0.25, 0.3) is 4.83 Å². The summed E-state index contributed by atoms with van der Waals surface area (Å²) in [7, 11) is 0. The summed E-state index contributed by atoms with van der Waals surface area (Å²) < 4.78 is 2.94. The third-order valence-electron chi connectivity index (χ3n) is 1.35. The first kappa shape index (κ1) is 7.76. The van der Waals surface area contributed by atoms with Crippen molar-refractivity contribution in [2.75, 3.05) is 0 Å². The van der Waals surface area contributed by atoms with Gasteiger partial charge in [0.1, 0.15) is 15.8 Å². The van der Waals surface area contributed by atoms with Crippen LogP contribution in [-0.4, -0.2) is 9.38 Å². The number of alkyl halides is 1. The van der Waals surface area contributed by atoms with Gasteiger partial charge in [-0.25, -0.2) is 4.98 Å². The number of rotatable bonds is 1. The molecule has 0 saturated carbocycles. The summed E-state index contributed by atoms with van der Waals surface area (Å²) in [5.41, 5.74) is 0. The zero-order valence-corrected chi connectivity index (χ0v) is 9.41. The van der Waals surface area contributed by atoms with Crippen molar-refractivity contribution in [3.8, 4) is 0 Å². The third kappa shape index (κ3) is 1.25. The van der Waals surface area contributed by atoms with Gasteiger partial charge in [0.25, 0.3) is 0 Å². The van der Waals surface area contributed by atoms with Crippen LogP contribution in [0.1, 0.15) is 4.88 Å². The Balaban J connectivity index is 2.70. The minimum Gasteiger partial charge on any atom is -0.296 e. The van der Waals surface area contributed by atoms with Gasteiger partial charge in [0.05, 0.1) is 0 Å². The molecule has 58 valence electrons. The van der Waals surface area contributed by atoms with Crippen molar-refractivity contribution < 1.29 is 0 Å².